The average molecular weight is 366 g/mol. The van der Waals surface area contributed by atoms with Gasteiger partial charge in [0.15, 0.2) is 21.3 Å². The van der Waals surface area contributed by atoms with Crippen molar-refractivity contribution in [3.8, 4) is 11.5 Å². The molecular formula is C13H20BrNO4S. The van der Waals surface area contributed by atoms with Crippen molar-refractivity contribution in [2.45, 2.75) is 25.1 Å². The highest BCUT2D eigenvalue weighted by Crippen LogP contribution is 2.35. The third kappa shape index (κ3) is 4.10. The van der Waals surface area contributed by atoms with E-state index in [-0.39, 0.29) is 5.75 Å². The highest BCUT2D eigenvalue weighted by atomic mass is 79.9. The monoisotopic (exact) mass is 365 g/mol. The van der Waals surface area contributed by atoms with E-state index in [1.165, 1.54) is 13.4 Å². The summed E-state index contributed by atoms with van der Waals surface area (Å²) in [5.74, 6) is 0.422. The van der Waals surface area contributed by atoms with Crippen LogP contribution in [0, 0.1) is 0 Å². The molecule has 1 aromatic carbocycles. The summed E-state index contributed by atoms with van der Waals surface area (Å²) in [4.78, 5) is 0. The van der Waals surface area contributed by atoms with E-state index in [0.29, 0.717) is 23.3 Å². The quantitative estimate of drug-likeness (QED) is 0.806. The van der Waals surface area contributed by atoms with Crippen LogP contribution in [0.1, 0.15) is 19.4 Å². The lowest BCUT2D eigenvalue weighted by Gasteiger charge is -2.23. The normalized spacial score (nSPS) is 12.4. The molecule has 114 valence electrons. The van der Waals surface area contributed by atoms with Gasteiger partial charge in [-0.05, 0) is 47.5 Å². The van der Waals surface area contributed by atoms with Crippen LogP contribution in [-0.4, -0.2) is 38.2 Å². The first-order valence-electron chi connectivity index (χ1n) is 6.04. The number of aromatic hydroxyl groups is 1. The second-order valence-corrected chi connectivity index (χ2v) is 8.77. The lowest BCUT2D eigenvalue weighted by Crippen LogP contribution is -2.41. The fraction of sp³-hybridized carbons (Fsp3) is 0.538. The summed E-state index contributed by atoms with van der Waals surface area (Å²) in [6.07, 6.45) is 1.23. The van der Waals surface area contributed by atoms with Gasteiger partial charge in [0.25, 0.3) is 0 Å². The second-order valence-electron chi connectivity index (χ2n) is 5.26. The number of hydrogen-bond acceptors (Lipinski definition) is 5. The number of phenols is 1. The van der Waals surface area contributed by atoms with Crippen molar-refractivity contribution in [3.63, 3.8) is 0 Å². The van der Waals surface area contributed by atoms with E-state index in [1.54, 1.807) is 26.0 Å². The van der Waals surface area contributed by atoms with Gasteiger partial charge in [-0.1, -0.05) is 0 Å². The summed E-state index contributed by atoms with van der Waals surface area (Å²) in [6.45, 7) is 4.19. The third-order valence-corrected chi connectivity index (χ3v) is 5.95. The summed E-state index contributed by atoms with van der Waals surface area (Å²) in [5.41, 5.74) is 0.885. The molecule has 1 rings (SSSR count). The van der Waals surface area contributed by atoms with Crippen molar-refractivity contribution < 1.29 is 18.3 Å². The number of phenolic OH excluding ortho intramolecular Hbond substituents is 1. The second kappa shape index (κ2) is 6.32. The van der Waals surface area contributed by atoms with Gasteiger partial charge in [-0.15, -0.1) is 0 Å². The third-order valence-electron chi connectivity index (χ3n) is 3.19. The van der Waals surface area contributed by atoms with E-state index in [1.807, 2.05) is 0 Å². The molecule has 0 amide bonds. The van der Waals surface area contributed by atoms with Gasteiger partial charge in [0.2, 0.25) is 0 Å². The fourth-order valence-electron chi connectivity index (χ4n) is 1.52. The zero-order valence-corrected chi connectivity index (χ0v) is 14.4. The maximum absolute atomic E-state index is 11.6. The standard InChI is InChI=1S/C13H20BrNO4S/c1-13(2,20(4,17)18)8-15-7-9-5-10(14)12(16)11(6-9)19-3/h5-6,15-16H,7-8H2,1-4H3. The predicted octanol–water partition coefficient (Wildman–Crippen LogP) is 2.08. The van der Waals surface area contributed by atoms with Crippen molar-refractivity contribution in [1.82, 2.24) is 5.32 Å². The molecule has 0 unspecified atom stereocenters. The zero-order chi connectivity index (χ0) is 15.6. The molecule has 0 fully saturated rings. The van der Waals surface area contributed by atoms with Gasteiger partial charge in [0.05, 0.1) is 16.3 Å². The Morgan fingerprint density at radius 1 is 1.40 bits per heavy atom. The molecule has 2 N–H and O–H groups in total. The summed E-state index contributed by atoms with van der Waals surface area (Å²) in [6, 6.07) is 3.47. The van der Waals surface area contributed by atoms with E-state index < -0.39 is 14.6 Å². The topological polar surface area (TPSA) is 75.6 Å². The van der Waals surface area contributed by atoms with Gasteiger partial charge < -0.3 is 15.2 Å². The van der Waals surface area contributed by atoms with E-state index in [0.717, 1.165) is 5.56 Å². The highest BCUT2D eigenvalue weighted by Gasteiger charge is 2.29. The number of halogens is 1. The summed E-state index contributed by atoms with van der Waals surface area (Å²) >= 11 is 3.25. The zero-order valence-electron chi connectivity index (χ0n) is 12.0. The smallest absolute Gasteiger partial charge is 0.172 e. The lowest BCUT2D eigenvalue weighted by molar-refractivity contribution is 0.371. The van der Waals surface area contributed by atoms with Crippen molar-refractivity contribution in [3.05, 3.63) is 22.2 Å². The molecule has 0 radical (unpaired) electrons. The molecule has 0 heterocycles. The first-order chi connectivity index (χ1) is 9.08. The summed E-state index contributed by atoms with van der Waals surface area (Å²) < 4.78 is 28.0. The number of hydrogen-bond donors (Lipinski definition) is 2. The number of sulfone groups is 1. The Kier molecular flexibility index (Phi) is 5.46. The molecule has 0 saturated heterocycles. The molecule has 0 aliphatic rings. The van der Waals surface area contributed by atoms with E-state index in [2.05, 4.69) is 21.2 Å². The number of benzene rings is 1. The molecule has 5 nitrogen and oxygen atoms in total. The molecule has 0 atom stereocenters. The van der Waals surface area contributed by atoms with E-state index in [4.69, 9.17) is 4.74 Å². The Morgan fingerprint density at radius 3 is 2.50 bits per heavy atom. The minimum atomic E-state index is -3.12. The number of ether oxygens (including phenoxy) is 1. The largest absolute Gasteiger partial charge is 0.503 e. The summed E-state index contributed by atoms with van der Waals surface area (Å²) in [5, 5.41) is 12.8. The SMILES string of the molecule is COc1cc(CNCC(C)(C)S(C)(=O)=O)cc(Br)c1O. The minimum absolute atomic E-state index is 0.0488. The van der Waals surface area contributed by atoms with Crippen molar-refractivity contribution in [2.24, 2.45) is 0 Å². The fourth-order valence-corrected chi connectivity index (χ4v) is 2.38. The van der Waals surface area contributed by atoms with Crippen LogP contribution in [0.5, 0.6) is 11.5 Å². The molecular weight excluding hydrogens is 346 g/mol. The van der Waals surface area contributed by atoms with Gasteiger partial charge in [0.1, 0.15) is 0 Å². The van der Waals surface area contributed by atoms with Gasteiger partial charge in [0, 0.05) is 19.3 Å². The van der Waals surface area contributed by atoms with Crippen molar-refractivity contribution >= 4 is 25.8 Å². The lowest BCUT2D eigenvalue weighted by atomic mass is 10.1. The number of methoxy groups -OCH3 is 1. The van der Waals surface area contributed by atoms with Crippen LogP contribution < -0.4 is 10.1 Å². The molecule has 0 spiro atoms. The highest BCUT2D eigenvalue weighted by molar-refractivity contribution is 9.10. The van der Waals surface area contributed by atoms with Crippen LogP contribution in [0.3, 0.4) is 0 Å². The molecule has 0 aliphatic carbocycles. The Hall–Kier alpha value is -0.790. The van der Waals surface area contributed by atoms with Crippen molar-refractivity contribution in [2.75, 3.05) is 19.9 Å². The first-order valence-corrected chi connectivity index (χ1v) is 8.72. The Bertz CT molecular complexity index is 584. The van der Waals surface area contributed by atoms with Crippen LogP contribution in [-0.2, 0) is 16.4 Å². The summed E-state index contributed by atoms with van der Waals surface area (Å²) in [7, 11) is -1.64. The average Bonchev–Trinajstić information content (AvgIpc) is 2.31. The minimum Gasteiger partial charge on any atom is -0.503 e. The maximum Gasteiger partial charge on any atom is 0.172 e. The van der Waals surface area contributed by atoms with Gasteiger partial charge in [-0.25, -0.2) is 8.42 Å². The predicted molar refractivity (Wildman–Crippen MR) is 83.0 cm³/mol. The van der Waals surface area contributed by atoms with E-state index in [9.17, 15) is 13.5 Å². The molecule has 0 aliphatic heterocycles. The Balaban J connectivity index is 2.75. The Morgan fingerprint density at radius 2 is 2.00 bits per heavy atom. The van der Waals surface area contributed by atoms with Crippen molar-refractivity contribution in [1.29, 1.82) is 0 Å². The molecule has 20 heavy (non-hydrogen) atoms. The maximum atomic E-state index is 11.6. The van der Waals surface area contributed by atoms with Crippen LogP contribution in [0.25, 0.3) is 0 Å². The van der Waals surface area contributed by atoms with Crippen LogP contribution in [0.15, 0.2) is 16.6 Å². The molecule has 0 bridgehead atoms. The van der Waals surface area contributed by atoms with Crippen LogP contribution in [0.2, 0.25) is 0 Å². The molecule has 7 heteroatoms. The van der Waals surface area contributed by atoms with Crippen LogP contribution in [0.4, 0.5) is 0 Å². The first kappa shape index (κ1) is 17.3. The van der Waals surface area contributed by atoms with Gasteiger partial charge >= 0.3 is 0 Å². The van der Waals surface area contributed by atoms with Crippen LogP contribution >= 0.6 is 15.9 Å². The number of nitrogens with one attached hydrogen (secondary N) is 1. The molecule has 1 aromatic rings. The van der Waals surface area contributed by atoms with E-state index >= 15 is 0 Å². The Labute approximate surface area is 128 Å². The molecule has 0 aromatic heterocycles. The van der Waals surface area contributed by atoms with Gasteiger partial charge in [-0.3, -0.25) is 0 Å². The molecule has 0 saturated carbocycles. The van der Waals surface area contributed by atoms with Gasteiger partial charge in [-0.2, -0.15) is 0 Å². The number of rotatable bonds is 6.